The molecule has 0 aliphatic carbocycles. The monoisotopic (exact) mass is 657 g/mol. The second kappa shape index (κ2) is 18.3. The zero-order chi connectivity index (χ0) is 33.7. The maximum atomic E-state index is 12.9. The molecule has 0 radical (unpaired) electrons. The molecule has 2 amide bonds. The third-order valence-electron chi connectivity index (χ3n) is 8.56. The molecule has 3 heterocycles. The normalized spacial score (nSPS) is 27.5. The predicted octanol–water partition coefficient (Wildman–Crippen LogP) is 5.47. The van der Waals surface area contributed by atoms with Crippen molar-refractivity contribution in [1.82, 2.24) is 14.7 Å². The van der Waals surface area contributed by atoms with Gasteiger partial charge in [0.15, 0.2) is 0 Å². The largest absolute Gasteiger partial charge is 0.457 e. The number of piperazine rings is 1. The van der Waals surface area contributed by atoms with Crippen molar-refractivity contribution in [2.45, 2.75) is 90.1 Å². The average molecular weight is 658 g/mol. The number of carbonyl (C=O) groups is 3. The molecule has 0 bridgehead atoms. The molecule has 3 aliphatic heterocycles. The van der Waals surface area contributed by atoms with Gasteiger partial charge in [0.2, 0.25) is 0 Å². The lowest BCUT2D eigenvalue weighted by molar-refractivity contribution is -0.149. The van der Waals surface area contributed by atoms with E-state index in [1.54, 1.807) is 4.90 Å². The lowest BCUT2D eigenvalue weighted by Crippen LogP contribution is -2.51. The summed E-state index contributed by atoms with van der Waals surface area (Å²) in [6.07, 6.45) is 7.60. The van der Waals surface area contributed by atoms with E-state index < -0.39 is 37.1 Å². The Hall–Kier alpha value is -3.06. The molecule has 0 aromatic rings. The summed E-state index contributed by atoms with van der Waals surface area (Å²) in [4.78, 5) is 42.2. The molecule has 10 nitrogen and oxygen atoms in total. The fourth-order valence-electron chi connectivity index (χ4n) is 5.85. The van der Waals surface area contributed by atoms with Crippen LogP contribution in [0.3, 0.4) is 0 Å². The van der Waals surface area contributed by atoms with Crippen LogP contribution in [0.15, 0.2) is 36.0 Å². The number of allylic oxidation sites excluding steroid dienone is 2. The molecule has 260 valence electrons. The van der Waals surface area contributed by atoms with E-state index in [0.29, 0.717) is 19.4 Å². The number of hydrogen-bond donors (Lipinski definition) is 1. The van der Waals surface area contributed by atoms with E-state index in [1.165, 1.54) is 9.80 Å². The predicted molar refractivity (Wildman–Crippen MR) is 166 cm³/mol. The van der Waals surface area contributed by atoms with E-state index in [9.17, 15) is 32.7 Å². The van der Waals surface area contributed by atoms with Crippen LogP contribution >= 0.6 is 0 Å². The topological polar surface area (TPSA) is 109 Å². The first kappa shape index (κ1) is 37.4. The molecule has 0 aromatic carbocycles. The Kier molecular flexibility index (Phi) is 14.9. The van der Waals surface area contributed by atoms with Gasteiger partial charge in [-0.25, -0.2) is 9.59 Å². The van der Waals surface area contributed by atoms with Crippen molar-refractivity contribution in [2.24, 2.45) is 11.8 Å². The van der Waals surface area contributed by atoms with Crippen LogP contribution in [0.4, 0.5) is 22.8 Å². The Bertz CT molecular complexity index is 1090. The van der Waals surface area contributed by atoms with E-state index in [4.69, 9.17) is 14.2 Å². The number of amides is 2. The van der Waals surface area contributed by atoms with Crippen molar-refractivity contribution < 1.29 is 46.9 Å². The summed E-state index contributed by atoms with van der Waals surface area (Å²) < 4.78 is 55.3. The SMILES string of the molecule is C/C(=C\C=C\[C@@H](C)COC(=O)N1CCC[C@@H]1CO)[C@H]1OC(=O)CCCCC[C@@H](OC(=O)N2CCN(CC(F)(F)F)CC2)/C=C/[C@@H]1C. The summed E-state index contributed by atoms with van der Waals surface area (Å²) in [6, 6.07) is -0.188. The van der Waals surface area contributed by atoms with Gasteiger partial charge in [-0.3, -0.25) is 9.69 Å². The Balaban J connectivity index is 1.57. The van der Waals surface area contributed by atoms with E-state index in [0.717, 1.165) is 31.3 Å². The van der Waals surface area contributed by atoms with Gasteiger partial charge >= 0.3 is 24.3 Å². The van der Waals surface area contributed by atoms with Gasteiger partial charge in [-0.15, -0.1) is 0 Å². The number of esters is 1. The number of likely N-dealkylation sites (tertiary alicyclic amines) is 1. The van der Waals surface area contributed by atoms with Crippen LogP contribution in [-0.2, 0) is 19.0 Å². The minimum absolute atomic E-state index is 0.0672. The molecule has 0 spiro atoms. The van der Waals surface area contributed by atoms with Crippen molar-refractivity contribution in [3.8, 4) is 0 Å². The van der Waals surface area contributed by atoms with Crippen LogP contribution in [0.5, 0.6) is 0 Å². The Morgan fingerprint density at radius 3 is 2.50 bits per heavy atom. The average Bonchev–Trinajstić information content (AvgIpc) is 3.49. The number of hydrogen-bond acceptors (Lipinski definition) is 8. The van der Waals surface area contributed by atoms with Crippen LogP contribution in [0.2, 0.25) is 0 Å². The highest BCUT2D eigenvalue weighted by Crippen LogP contribution is 2.23. The molecular weight excluding hydrogens is 607 g/mol. The summed E-state index contributed by atoms with van der Waals surface area (Å²) in [7, 11) is 0. The van der Waals surface area contributed by atoms with Crippen molar-refractivity contribution in [1.29, 1.82) is 0 Å². The van der Waals surface area contributed by atoms with Crippen LogP contribution in [0, 0.1) is 11.8 Å². The summed E-state index contributed by atoms with van der Waals surface area (Å²) in [5.74, 6) is -0.584. The third-order valence-corrected chi connectivity index (χ3v) is 8.56. The van der Waals surface area contributed by atoms with Crippen LogP contribution in [0.25, 0.3) is 0 Å². The third kappa shape index (κ3) is 12.6. The number of halogens is 3. The Morgan fingerprint density at radius 2 is 1.80 bits per heavy atom. The summed E-state index contributed by atoms with van der Waals surface area (Å²) in [5, 5.41) is 9.44. The lowest BCUT2D eigenvalue weighted by Gasteiger charge is -2.35. The Labute approximate surface area is 270 Å². The minimum atomic E-state index is -4.28. The fraction of sp³-hybridized carbons (Fsp3) is 0.727. The molecule has 0 aromatic heterocycles. The fourth-order valence-corrected chi connectivity index (χ4v) is 5.85. The zero-order valence-corrected chi connectivity index (χ0v) is 27.3. The van der Waals surface area contributed by atoms with E-state index in [2.05, 4.69) is 0 Å². The molecule has 3 rings (SSSR count). The number of nitrogens with zero attached hydrogens (tertiary/aromatic N) is 3. The molecule has 0 saturated carbocycles. The van der Waals surface area contributed by atoms with Crippen LogP contribution < -0.4 is 0 Å². The Morgan fingerprint density at radius 1 is 1.07 bits per heavy atom. The maximum Gasteiger partial charge on any atom is 0.410 e. The summed E-state index contributed by atoms with van der Waals surface area (Å²) in [5.41, 5.74) is 0.816. The van der Waals surface area contributed by atoms with E-state index in [-0.39, 0.29) is 69.7 Å². The quantitative estimate of drug-likeness (QED) is 0.159. The number of carbonyl (C=O) groups excluding carboxylic acids is 3. The minimum Gasteiger partial charge on any atom is -0.457 e. The number of rotatable bonds is 8. The molecule has 0 unspecified atom stereocenters. The van der Waals surface area contributed by atoms with Gasteiger partial charge in [-0.05, 0) is 50.7 Å². The second-order valence-electron chi connectivity index (χ2n) is 12.6. The molecule has 2 saturated heterocycles. The van der Waals surface area contributed by atoms with Crippen molar-refractivity contribution in [2.75, 3.05) is 52.5 Å². The van der Waals surface area contributed by atoms with Gasteiger partial charge < -0.3 is 29.1 Å². The number of aliphatic hydroxyl groups is 1. The van der Waals surface area contributed by atoms with E-state index >= 15 is 0 Å². The number of alkyl halides is 3. The van der Waals surface area contributed by atoms with Crippen molar-refractivity contribution in [3.05, 3.63) is 36.0 Å². The molecule has 5 atom stereocenters. The number of aliphatic hydroxyl groups excluding tert-OH is 1. The van der Waals surface area contributed by atoms with Gasteiger partial charge in [-0.1, -0.05) is 44.6 Å². The smallest absolute Gasteiger partial charge is 0.410 e. The zero-order valence-electron chi connectivity index (χ0n) is 27.3. The van der Waals surface area contributed by atoms with Crippen molar-refractivity contribution in [3.63, 3.8) is 0 Å². The van der Waals surface area contributed by atoms with Crippen LogP contribution in [0.1, 0.15) is 65.7 Å². The summed E-state index contributed by atoms with van der Waals surface area (Å²) >= 11 is 0. The number of ether oxygens (including phenoxy) is 3. The van der Waals surface area contributed by atoms with Gasteiger partial charge in [0.25, 0.3) is 0 Å². The molecule has 1 N–H and O–H groups in total. The number of cyclic esters (lactones) is 1. The molecular formula is C33H50F3N3O7. The highest BCUT2D eigenvalue weighted by atomic mass is 19.4. The molecule has 2 fully saturated rings. The van der Waals surface area contributed by atoms with Gasteiger partial charge in [-0.2, -0.15) is 13.2 Å². The van der Waals surface area contributed by atoms with Gasteiger partial charge in [0.05, 0.1) is 25.8 Å². The first-order valence-corrected chi connectivity index (χ1v) is 16.4. The first-order chi connectivity index (χ1) is 21.9. The molecule has 13 heteroatoms. The van der Waals surface area contributed by atoms with Gasteiger partial charge in [0.1, 0.15) is 12.2 Å². The first-order valence-electron chi connectivity index (χ1n) is 16.4. The van der Waals surface area contributed by atoms with Crippen molar-refractivity contribution >= 4 is 18.2 Å². The lowest BCUT2D eigenvalue weighted by atomic mass is 9.95. The summed E-state index contributed by atoms with van der Waals surface area (Å²) in [6.45, 7) is 6.02. The highest BCUT2D eigenvalue weighted by Gasteiger charge is 2.34. The standard InChI is InChI=1S/C33H50F3N3O7/c1-24(22-44-32(43)39-16-8-11-27(39)21-40)9-7-10-25(2)30-26(3)14-15-28(12-5-4-6-13-29(41)46-30)45-31(42)38-19-17-37(18-20-38)23-33(34,35)36/h7,9-10,14-15,24,26-28,30,40H,4-6,8,11-13,16-23H2,1-3H3/b9-7+,15-14+,25-10+/t24-,26+,27-,28-,30-/m1/s1. The molecule has 46 heavy (non-hydrogen) atoms. The maximum absolute atomic E-state index is 12.9. The van der Waals surface area contributed by atoms with E-state index in [1.807, 2.05) is 51.2 Å². The van der Waals surface area contributed by atoms with Gasteiger partial charge in [0, 0.05) is 51.0 Å². The van der Waals surface area contributed by atoms with Crippen LogP contribution in [-0.4, -0.2) is 115 Å². The molecule has 3 aliphatic rings. The highest BCUT2D eigenvalue weighted by molar-refractivity contribution is 5.70. The second-order valence-corrected chi connectivity index (χ2v) is 12.6.